The Hall–Kier alpha value is -2.29. The average Bonchev–Trinajstić information content (AvgIpc) is 3.33. The van der Waals surface area contributed by atoms with Crippen molar-refractivity contribution in [3.63, 3.8) is 0 Å². The zero-order chi connectivity index (χ0) is 17.9. The van der Waals surface area contributed by atoms with Gasteiger partial charge in [0, 0.05) is 68.0 Å². The van der Waals surface area contributed by atoms with Crippen molar-refractivity contribution in [2.24, 2.45) is 0 Å². The zero-order valence-corrected chi connectivity index (χ0v) is 15.5. The van der Waals surface area contributed by atoms with Crippen molar-refractivity contribution >= 4 is 16.5 Å². The van der Waals surface area contributed by atoms with Gasteiger partial charge in [-0.3, -0.25) is 9.88 Å². The van der Waals surface area contributed by atoms with Gasteiger partial charge in [0.05, 0.1) is 5.69 Å². The van der Waals surface area contributed by atoms with E-state index in [9.17, 15) is 5.11 Å². The van der Waals surface area contributed by atoms with Crippen molar-refractivity contribution in [2.75, 3.05) is 37.6 Å². The number of hydrogen-bond acceptors (Lipinski definition) is 7. The Morgan fingerprint density at radius 1 is 1.27 bits per heavy atom. The van der Waals surface area contributed by atoms with Crippen molar-refractivity contribution < 1.29 is 5.11 Å². The van der Waals surface area contributed by atoms with Crippen molar-refractivity contribution in [1.82, 2.24) is 24.8 Å². The number of nitrogens with zero attached hydrogens (tertiary/aromatic N) is 5. The van der Waals surface area contributed by atoms with Gasteiger partial charge in [0.2, 0.25) is 0 Å². The first-order valence-electron chi connectivity index (χ1n) is 8.72. The number of H-pyrrole nitrogens is 1. The van der Waals surface area contributed by atoms with Crippen LogP contribution in [-0.4, -0.2) is 62.7 Å². The molecule has 1 atom stereocenters. The van der Waals surface area contributed by atoms with Gasteiger partial charge in [0.25, 0.3) is 0 Å². The quantitative estimate of drug-likeness (QED) is 0.716. The highest BCUT2D eigenvalue weighted by Gasteiger charge is 2.23. The van der Waals surface area contributed by atoms with Crippen LogP contribution in [0.5, 0.6) is 0 Å². The Bertz CT molecular complexity index is 827. The number of β-amino-alcohol motifs (C(OH)–C–C–N with tert-alkyl or cyclic N) is 1. The predicted molar refractivity (Wildman–Crippen MR) is 102 cm³/mol. The molecule has 1 aliphatic heterocycles. The van der Waals surface area contributed by atoms with Crippen LogP contribution in [0.15, 0.2) is 36.1 Å². The van der Waals surface area contributed by atoms with E-state index >= 15 is 0 Å². The van der Waals surface area contributed by atoms with Crippen LogP contribution in [0.3, 0.4) is 0 Å². The monoisotopic (exact) mass is 370 g/mol. The third kappa shape index (κ3) is 3.62. The number of imidazole rings is 1. The van der Waals surface area contributed by atoms with Gasteiger partial charge in [-0.15, -0.1) is 11.3 Å². The largest absolute Gasteiger partial charge is 0.385 e. The van der Waals surface area contributed by atoms with Crippen LogP contribution in [0.1, 0.15) is 17.5 Å². The lowest BCUT2D eigenvalue weighted by molar-refractivity contribution is 0.106. The molecule has 0 bridgehead atoms. The second-order valence-corrected chi connectivity index (χ2v) is 7.33. The van der Waals surface area contributed by atoms with E-state index in [1.54, 1.807) is 23.7 Å². The molecule has 0 saturated carbocycles. The summed E-state index contributed by atoms with van der Waals surface area (Å²) in [6.45, 7) is 6.22. The third-order valence-corrected chi connectivity index (χ3v) is 5.50. The first kappa shape index (κ1) is 17.1. The molecule has 1 aliphatic rings. The molecule has 136 valence electrons. The van der Waals surface area contributed by atoms with E-state index in [-0.39, 0.29) is 0 Å². The number of aryl methyl sites for hydroxylation is 1. The topological polar surface area (TPSA) is 81.2 Å². The molecule has 0 amide bonds. The molecule has 26 heavy (non-hydrogen) atoms. The van der Waals surface area contributed by atoms with E-state index in [2.05, 4.69) is 29.7 Å². The van der Waals surface area contributed by atoms with Gasteiger partial charge >= 0.3 is 0 Å². The maximum atomic E-state index is 10.7. The van der Waals surface area contributed by atoms with Crippen LogP contribution >= 0.6 is 11.3 Å². The molecule has 7 nitrogen and oxygen atoms in total. The number of aromatic amines is 1. The first-order valence-corrected chi connectivity index (χ1v) is 9.60. The van der Waals surface area contributed by atoms with Gasteiger partial charge in [-0.05, 0) is 19.1 Å². The zero-order valence-electron chi connectivity index (χ0n) is 14.7. The number of anilines is 1. The Labute approximate surface area is 156 Å². The number of thiazole rings is 1. The Morgan fingerprint density at radius 3 is 2.81 bits per heavy atom. The van der Waals surface area contributed by atoms with Gasteiger partial charge < -0.3 is 15.0 Å². The molecule has 3 aromatic heterocycles. The molecule has 0 aromatic carbocycles. The molecule has 1 saturated heterocycles. The van der Waals surface area contributed by atoms with Crippen LogP contribution < -0.4 is 4.90 Å². The van der Waals surface area contributed by atoms with Crippen LogP contribution in [0.4, 0.5) is 5.13 Å². The molecule has 3 aromatic rings. The number of aliphatic hydroxyl groups excluding tert-OH is 1. The standard InChI is InChI=1S/C18H22N6OS/c1-13-16(22-17(21-13)14-3-2-4-19-11-14)15(25)12-23-6-8-24(9-7-23)18-20-5-10-26-18/h2-5,10-11,15,25H,6-9,12H2,1H3,(H,21,22). The van der Waals surface area contributed by atoms with Gasteiger partial charge in [0.1, 0.15) is 11.9 Å². The molecular formula is C18H22N6OS. The molecule has 1 unspecified atom stereocenters. The normalized spacial score (nSPS) is 16.8. The van der Waals surface area contributed by atoms with E-state index in [1.807, 2.05) is 30.6 Å². The second-order valence-electron chi connectivity index (χ2n) is 6.46. The Morgan fingerprint density at radius 2 is 2.12 bits per heavy atom. The minimum Gasteiger partial charge on any atom is -0.385 e. The molecule has 0 radical (unpaired) electrons. The second kappa shape index (κ2) is 7.53. The van der Waals surface area contributed by atoms with Crippen molar-refractivity contribution in [3.05, 3.63) is 47.5 Å². The highest BCUT2D eigenvalue weighted by molar-refractivity contribution is 7.13. The third-order valence-electron chi connectivity index (χ3n) is 4.67. The summed E-state index contributed by atoms with van der Waals surface area (Å²) in [5.41, 5.74) is 2.54. The Kier molecular flexibility index (Phi) is 4.96. The summed E-state index contributed by atoms with van der Waals surface area (Å²) in [6, 6.07) is 3.84. The molecular weight excluding hydrogens is 348 g/mol. The van der Waals surface area contributed by atoms with Crippen molar-refractivity contribution in [3.8, 4) is 11.4 Å². The molecule has 2 N–H and O–H groups in total. The predicted octanol–water partition coefficient (Wildman–Crippen LogP) is 2.09. The number of aliphatic hydroxyl groups is 1. The smallest absolute Gasteiger partial charge is 0.185 e. The lowest BCUT2D eigenvalue weighted by atomic mass is 10.2. The number of nitrogens with one attached hydrogen (secondary N) is 1. The highest BCUT2D eigenvalue weighted by Crippen LogP contribution is 2.23. The molecule has 4 rings (SSSR count). The minimum absolute atomic E-state index is 0.587. The van der Waals surface area contributed by atoms with Gasteiger partial charge in [0.15, 0.2) is 5.13 Å². The molecule has 8 heteroatoms. The number of hydrogen-bond donors (Lipinski definition) is 2. The van der Waals surface area contributed by atoms with Gasteiger partial charge in [-0.2, -0.15) is 0 Å². The van der Waals surface area contributed by atoms with Crippen LogP contribution in [0.2, 0.25) is 0 Å². The summed E-state index contributed by atoms with van der Waals surface area (Å²) in [5.74, 6) is 0.748. The summed E-state index contributed by atoms with van der Waals surface area (Å²) >= 11 is 1.67. The summed E-state index contributed by atoms with van der Waals surface area (Å²) in [7, 11) is 0. The molecule has 1 fully saturated rings. The number of rotatable bonds is 5. The highest BCUT2D eigenvalue weighted by atomic mass is 32.1. The van der Waals surface area contributed by atoms with Crippen LogP contribution in [-0.2, 0) is 0 Å². The molecule has 0 spiro atoms. The Balaban J connectivity index is 1.38. The average molecular weight is 370 g/mol. The lowest BCUT2D eigenvalue weighted by Crippen LogP contribution is -2.47. The summed E-state index contributed by atoms with van der Waals surface area (Å²) in [5, 5.41) is 13.8. The summed E-state index contributed by atoms with van der Waals surface area (Å²) in [4.78, 5) is 21.0. The molecule has 4 heterocycles. The van der Waals surface area contributed by atoms with Crippen LogP contribution in [0.25, 0.3) is 11.4 Å². The van der Waals surface area contributed by atoms with E-state index in [0.29, 0.717) is 12.2 Å². The van der Waals surface area contributed by atoms with E-state index in [0.717, 1.165) is 48.4 Å². The van der Waals surface area contributed by atoms with E-state index in [4.69, 9.17) is 0 Å². The van der Waals surface area contributed by atoms with E-state index in [1.165, 1.54) is 0 Å². The number of aromatic nitrogens is 4. The van der Waals surface area contributed by atoms with Crippen LogP contribution in [0, 0.1) is 6.92 Å². The maximum absolute atomic E-state index is 10.7. The fourth-order valence-electron chi connectivity index (χ4n) is 3.26. The van der Waals surface area contributed by atoms with Gasteiger partial charge in [-0.1, -0.05) is 0 Å². The minimum atomic E-state index is -0.608. The molecule has 0 aliphatic carbocycles. The maximum Gasteiger partial charge on any atom is 0.185 e. The van der Waals surface area contributed by atoms with Gasteiger partial charge in [-0.25, -0.2) is 9.97 Å². The number of piperazine rings is 1. The lowest BCUT2D eigenvalue weighted by Gasteiger charge is -2.35. The fourth-order valence-corrected chi connectivity index (χ4v) is 3.96. The fraction of sp³-hybridized carbons (Fsp3) is 0.389. The van der Waals surface area contributed by atoms with E-state index < -0.39 is 6.10 Å². The summed E-state index contributed by atoms with van der Waals surface area (Å²) in [6.07, 6.45) is 4.74. The number of pyridine rings is 1. The first-order chi connectivity index (χ1) is 12.7. The van der Waals surface area contributed by atoms with Crippen molar-refractivity contribution in [2.45, 2.75) is 13.0 Å². The summed E-state index contributed by atoms with van der Waals surface area (Å²) < 4.78 is 0. The van der Waals surface area contributed by atoms with Crippen molar-refractivity contribution in [1.29, 1.82) is 0 Å². The SMILES string of the molecule is Cc1[nH]c(-c2cccnc2)nc1C(O)CN1CCN(c2nccs2)CC1.